The van der Waals surface area contributed by atoms with Crippen molar-refractivity contribution >= 4 is 38.9 Å². The van der Waals surface area contributed by atoms with Gasteiger partial charge in [-0.2, -0.15) is 0 Å². The van der Waals surface area contributed by atoms with Gasteiger partial charge in [0.05, 0.1) is 11.0 Å². The molecule has 2 nitrogen and oxygen atoms in total. The van der Waals surface area contributed by atoms with Crippen molar-refractivity contribution in [3.8, 4) is 0 Å². The van der Waals surface area contributed by atoms with E-state index in [9.17, 15) is 0 Å². The van der Waals surface area contributed by atoms with E-state index in [1.807, 2.05) is 0 Å². The standard InChI is InChI=1S/C39H34N2/c1-39(2)33-13-5-9-17-37(33)41(38-18-10-6-14-34(38)39)30-25-21-28(22-26-30)27-19-23-29(24-20-27)40-35-15-7-3-11-31(35)32-12-4-8-16-36(32)40/h3-19,21,23,25H,20,22,24,26H2,1-2H3. The molecule has 2 heterocycles. The van der Waals surface area contributed by atoms with Crippen molar-refractivity contribution < 1.29 is 0 Å². The average molecular weight is 531 g/mol. The van der Waals surface area contributed by atoms with Crippen LogP contribution in [0.4, 0.5) is 11.4 Å². The highest BCUT2D eigenvalue weighted by Crippen LogP contribution is 2.51. The summed E-state index contributed by atoms with van der Waals surface area (Å²) in [5, 5.41) is 2.66. The van der Waals surface area contributed by atoms with Crippen LogP contribution in [0.15, 0.2) is 138 Å². The lowest BCUT2D eigenvalue weighted by atomic mass is 9.73. The largest absolute Gasteiger partial charge is 0.314 e. The number of allylic oxidation sites excluding steroid dienone is 8. The topological polar surface area (TPSA) is 8.17 Å². The number of nitrogens with zero attached hydrogens (tertiary/aromatic N) is 2. The van der Waals surface area contributed by atoms with Gasteiger partial charge in [-0.25, -0.2) is 0 Å². The molecule has 0 radical (unpaired) electrons. The lowest BCUT2D eigenvalue weighted by Gasteiger charge is -2.43. The van der Waals surface area contributed by atoms with E-state index in [0.29, 0.717) is 0 Å². The Morgan fingerprint density at radius 2 is 0.951 bits per heavy atom. The Kier molecular flexibility index (Phi) is 5.47. The number of hydrogen-bond acceptors (Lipinski definition) is 1. The highest BCUT2D eigenvalue weighted by atomic mass is 15.2. The van der Waals surface area contributed by atoms with Crippen LogP contribution >= 0.6 is 0 Å². The molecule has 0 saturated carbocycles. The first-order valence-electron chi connectivity index (χ1n) is 14.9. The normalized spacial score (nSPS) is 17.9. The van der Waals surface area contributed by atoms with Crippen LogP contribution in [0.25, 0.3) is 27.5 Å². The van der Waals surface area contributed by atoms with Crippen LogP contribution in [0.2, 0.25) is 0 Å². The van der Waals surface area contributed by atoms with E-state index in [4.69, 9.17) is 0 Å². The Hall–Kier alpha value is -4.56. The van der Waals surface area contributed by atoms with Gasteiger partial charge in [-0.1, -0.05) is 98.8 Å². The molecule has 1 aromatic heterocycles. The summed E-state index contributed by atoms with van der Waals surface area (Å²) in [4.78, 5) is 2.51. The number of rotatable bonds is 3. The van der Waals surface area contributed by atoms with E-state index in [1.165, 1.54) is 66.8 Å². The van der Waals surface area contributed by atoms with E-state index in [-0.39, 0.29) is 5.41 Å². The van der Waals surface area contributed by atoms with Crippen molar-refractivity contribution in [2.45, 2.75) is 44.9 Å². The summed E-state index contributed by atoms with van der Waals surface area (Å²) >= 11 is 0. The predicted molar refractivity (Wildman–Crippen MR) is 174 cm³/mol. The van der Waals surface area contributed by atoms with Crippen molar-refractivity contribution in [2.24, 2.45) is 0 Å². The second-order valence-corrected chi connectivity index (χ2v) is 12.1. The van der Waals surface area contributed by atoms with Gasteiger partial charge in [0.1, 0.15) is 0 Å². The summed E-state index contributed by atoms with van der Waals surface area (Å²) in [5.74, 6) is 0. The third kappa shape index (κ3) is 3.70. The van der Waals surface area contributed by atoms with Gasteiger partial charge in [0.15, 0.2) is 0 Å². The minimum atomic E-state index is -0.0206. The van der Waals surface area contributed by atoms with Gasteiger partial charge in [-0.3, -0.25) is 0 Å². The monoisotopic (exact) mass is 530 g/mol. The van der Waals surface area contributed by atoms with Gasteiger partial charge in [0.25, 0.3) is 0 Å². The zero-order valence-corrected chi connectivity index (χ0v) is 23.8. The molecule has 0 atom stereocenters. The lowest BCUT2D eigenvalue weighted by molar-refractivity contribution is 0.627. The van der Waals surface area contributed by atoms with E-state index in [2.05, 4.69) is 145 Å². The molecule has 2 heteroatoms. The molecule has 2 aliphatic carbocycles. The second kappa shape index (κ2) is 9.24. The molecule has 3 aliphatic rings. The molecule has 41 heavy (non-hydrogen) atoms. The van der Waals surface area contributed by atoms with Gasteiger partial charge in [-0.15, -0.1) is 0 Å². The van der Waals surface area contributed by atoms with Crippen LogP contribution in [0.5, 0.6) is 0 Å². The van der Waals surface area contributed by atoms with Crippen LogP contribution < -0.4 is 4.90 Å². The number of para-hydroxylation sites is 4. The van der Waals surface area contributed by atoms with Gasteiger partial charge in [-0.05, 0) is 84.4 Å². The number of hydrogen-bond donors (Lipinski definition) is 0. The van der Waals surface area contributed by atoms with Crippen LogP contribution in [0.1, 0.15) is 50.7 Å². The molecule has 0 spiro atoms. The van der Waals surface area contributed by atoms with Crippen molar-refractivity contribution in [1.82, 2.24) is 4.57 Å². The van der Waals surface area contributed by atoms with Crippen molar-refractivity contribution in [1.29, 1.82) is 0 Å². The zero-order valence-electron chi connectivity index (χ0n) is 23.8. The Bertz CT molecular complexity index is 1870. The number of anilines is 2. The summed E-state index contributed by atoms with van der Waals surface area (Å²) in [6, 6.07) is 35.5. The van der Waals surface area contributed by atoms with Crippen LogP contribution in [-0.2, 0) is 5.41 Å². The molecule has 1 aliphatic heterocycles. The van der Waals surface area contributed by atoms with Gasteiger partial charge >= 0.3 is 0 Å². The van der Waals surface area contributed by atoms with Crippen LogP contribution in [-0.4, -0.2) is 4.57 Å². The zero-order chi connectivity index (χ0) is 27.6. The lowest BCUT2D eigenvalue weighted by Crippen LogP contribution is -2.32. The van der Waals surface area contributed by atoms with E-state index >= 15 is 0 Å². The molecule has 200 valence electrons. The summed E-state index contributed by atoms with van der Waals surface area (Å²) < 4.78 is 2.47. The van der Waals surface area contributed by atoms with Crippen molar-refractivity contribution in [3.63, 3.8) is 0 Å². The van der Waals surface area contributed by atoms with Crippen molar-refractivity contribution in [3.05, 3.63) is 149 Å². The fourth-order valence-corrected chi connectivity index (χ4v) is 7.37. The molecule has 0 bridgehead atoms. The van der Waals surface area contributed by atoms with Crippen LogP contribution in [0.3, 0.4) is 0 Å². The molecule has 0 saturated heterocycles. The highest BCUT2D eigenvalue weighted by molar-refractivity contribution is 6.10. The maximum Gasteiger partial charge on any atom is 0.0537 e. The maximum absolute atomic E-state index is 2.51. The quantitative estimate of drug-likeness (QED) is 0.225. The number of benzene rings is 4. The average Bonchev–Trinajstić information content (AvgIpc) is 3.36. The molecular formula is C39H34N2. The first kappa shape index (κ1) is 24.3. The summed E-state index contributed by atoms with van der Waals surface area (Å²) in [6.45, 7) is 4.71. The molecule has 8 rings (SSSR count). The van der Waals surface area contributed by atoms with E-state index in [0.717, 1.165) is 25.7 Å². The van der Waals surface area contributed by atoms with E-state index in [1.54, 1.807) is 0 Å². The van der Waals surface area contributed by atoms with Gasteiger partial charge in [0.2, 0.25) is 0 Å². The smallest absolute Gasteiger partial charge is 0.0537 e. The Morgan fingerprint density at radius 3 is 1.46 bits per heavy atom. The molecule has 0 fully saturated rings. The fraction of sp³-hybridized carbons (Fsp3) is 0.179. The van der Waals surface area contributed by atoms with Gasteiger partial charge in [0, 0.05) is 39.0 Å². The summed E-state index contributed by atoms with van der Waals surface area (Å²) in [6.07, 6.45) is 13.7. The first-order chi connectivity index (χ1) is 20.1. The second-order valence-electron chi connectivity index (χ2n) is 12.1. The molecular weight excluding hydrogens is 496 g/mol. The maximum atomic E-state index is 2.51. The minimum Gasteiger partial charge on any atom is -0.314 e. The van der Waals surface area contributed by atoms with E-state index < -0.39 is 0 Å². The molecule has 0 amide bonds. The number of fused-ring (bicyclic) bond motifs is 5. The minimum absolute atomic E-state index is 0.0206. The molecule has 5 aromatic rings. The highest BCUT2D eigenvalue weighted by Gasteiger charge is 2.37. The SMILES string of the molecule is CC1(C)c2ccccc2N(C2=CC=C(C3=CC=C(n4c5ccccc5c5ccccc54)CC3)CC2)c2ccccc21. The van der Waals surface area contributed by atoms with Gasteiger partial charge < -0.3 is 9.47 Å². The van der Waals surface area contributed by atoms with Crippen LogP contribution in [0, 0.1) is 0 Å². The number of aromatic nitrogens is 1. The Balaban J connectivity index is 1.15. The first-order valence-corrected chi connectivity index (χ1v) is 14.9. The third-order valence-corrected chi connectivity index (χ3v) is 9.46. The molecule has 0 unspecified atom stereocenters. The molecule has 0 N–H and O–H groups in total. The Labute approximate surface area is 242 Å². The molecule has 4 aromatic carbocycles. The summed E-state index contributed by atoms with van der Waals surface area (Å²) in [7, 11) is 0. The van der Waals surface area contributed by atoms with Crippen molar-refractivity contribution in [2.75, 3.05) is 4.90 Å². The third-order valence-electron chi connectivity index (χ3n) is 9.46. The fourth-order valence-electron chi connectivity index (χ4n) is 7.37. The summed E-state index contributed by atoms with van der Waals surface area (Å²) in [5.41, 5.74) is 13.7. The predicted octanol–water partition coefficient (Wildman–Crippen LogP) is 10.4. The Morgan fingerprint density at radius 1 is 0.488 bits per heavy atom.